The van der Waals surface area contributed by atoms with Gasteiger partial charge in [0, 0.05) is 32.8 Å². The molecule has 1 unspecified atom stereocenters. The zero-order valence-electron chi connectivity index (χ0n) is 13.2. The first-order valence-electron chi connectivity index (χ1n) is 8.17. The van der Waals surface area contributed by atoms with Crippen LogP contribution in [0, 0.1) is 6.92 Å². The minimum Gasteiger partial charge on any atom is -0.378 e. The first-order chi connectivity index (χ1) is 10.7. The number of anilines is 1. The Morgan fingerprint density at radius 3 is 2.86 bits per heavy atom. The van der Waals surface area contributed by atoms with Gasteiger partial charge in [0.25, 0.3) is 0 Å². The van der Waals surface area contributed by atoms with Gasteiger partial charge < -0.3 is 14.5 Å². The molecule has 0 aliphatic carbocycles. The Hall–Kier alpha value is -1.69. The fraction of sp³-hybridized carbons (Fsp3) is 0.688. The van der Waals surface area contributed by atoms with Gasteiger partial charge in [0.2, 0.25) is 5.91 Å². The van der Waals surface area contributed by atoms with Gasteiger partial charge in [0.15, 0.2) is 5.82 Å². The molecule has 2 aliphatic rings. The molecular formula is C16H24N4O2. The number of aromatic nitrogens is 2. The van der Waals surface area contributed by atoms with Gasteiger partial charge in [-0.05, 0) is 38.3 Å². The SMILES string of the molecule is Cc1ccc(N2CCCN(C(=O)CC3CCCO3)CC2)nn1. The molecule has 0 N–H and O–H groups in total. The summed E-state index contributed by atoms with van der Waals surface area (Å²) in [5, 5.41) is 8.37. The van der Waals surface area contributed by atoms with Crippen molar-refractivity contribution in [3.05, 3.63) is 17.8 Å². The number of ether oxygens (including phenoxy) is 1. The molecule has 2 saturated heterocycles. The molecule has 0 radical (unpaired) electrons. The Labute approximate surface area is 131 Å². The van der Waals surface area contributed by atoms with Gasteiger partial charge in [-0.3, -0.25) is 4.79 Å². The Balaban J connectivity index is 1.54. The van der Waals surface area contributed by atoms with Crippen molar-refractivity contribution in [1.29, 1.82) is 0 Å². The van der Waals surface area contributed by atoms with E-state index in [1.54, 1.807) is 0 Å². The van der Waals surface area contributed by atoms with Crippen LogP contribution in [0.15, 0.2) is 12.1 Å². The van der Waals surface area contributed by atoms with Crippen LogP contribution in [-0.2, 0) is 9.53 Å². The number of hydrogen-bond acceptors (Lipinski definition) is 5. The van der Waals surface area contributed by atoms with Crippen molar-refractivity contribution in [2.24, 2.45) is 0 Å². The third-order valence-electron chi connectivity index (χ3n) is 4.38. The summed E-state index contributed by atoms with van der Waals surface area (Å²) in [6.07, 6.45) is 3.73. The lowest BCUT2D eigenvalue weighted by molar-refractivity contribution is -0.133. The molecule has 0 spiro atoms. The summed E-state index contributed by atoms with van der Waals surface area (Å²) in [5.41, 5.74) is 0.923. The molecule has 120 valence electrons. The van der Waals surface area contributed by atoms with Crippen LogP contribution in [0.1, 0.15) is 31.4 Å². The molecular weight excluding hydrogens is 280 g/mol. The summed E-state index contributed by atoms with van der Waals surface area (Å²) in [6, 6.07) is 3.99. The van der Waals surface area contributed by atoms with Gasteiger partial charge in [0.1, 0.15) is 0 Å². The highest BCUT2D eigenvalue weighted by Gasteiger charge is 2.24. The van der Waals surface area contributed by atoms with Gasteiger partial charge in [-0.15, -0.1) is 5.10 Å². The van der Waals surface area contributed by atoms with E-state index in [2.05, 4.69) is 15.1 Å². The fourth-order valence-electron chi connectivity index (χ4n) is 3.09. The molecule has 0 saturated carbocycles. The van der Waals surface area contributed by atoms with E-state index in [-0.39, 0.29) is 12.0 Å². The molecule has 1 aromatic rings. The van der Waals surface area contributed by atoms with Crippen LogP contribution in [0.5, 0.6) is 0 Å². The van der Waals surface area contributed by atoms with E-state index in [1.807, 2.05) is 24.0 Å². The monoisotopic (exact) mass is 304 g/mol. The third kappa shape index (κ3) is 3.74. The topological polar surface area (TPSA) is 58.6 Å². The number of amides is 1. The number of carbonyl (C=O) groups excluding carboxylic acids is 1. The lowest BCUT2D eigenvalue weighted by Crippen LogP contribution is -2.37. The number of aryl methyl sites for hydroxylation is 1. The maximum absolute atomic E-state index is 12.4. The number of nitrogens with zero attached hydrogens (tertiary/aromatic N) is 4. The fourth-order valence-corrected chi connectivity index (χ4v) is 3.09. The van der Waals surface area contributed by atoms with E-state index >= 15 is 0 Å². The summed E-state index contributed by atoms with van der Waals surface area (Å²) < 4.78 is 5.57. The molecule has 2 aliphatic heterocycles. The summed E-state index contributed by atoms with van der Waals surface area (Å²) in [5.74, 6) is 1.13. The predicted octanol–water partition coefficient (Wildman–Crippen LogP) is 1.39. The van der Waals surface area contributed by atoms with Crippen LogP contribution < -0.4 is 4.90 Å². The van der Waals surface area contributed by atoms with Crippen LogP contribution in [-0.4, -0.2) is 59.9 Å². The van der Waals surface area contributed by atoms with Crippen molar-refractivity contribution < 1.29 is 9.53 Å². The highest BCUT2D eigenvalue weighted by atomic mass is 16.5. The maximum atomic E-state index is 12.4. The van der Waals surface area contributed by atoms with Crippen molar-refractivity contribution in [1.82, 2.24) is 15.1 Å². The molecule has 3 heterocycles. The minimum absolute atomic E-state index is 0.134. The molecule has 0 aromatic carbocycles. The van der Waals surface area contributed by atoms with Crippen molar-refractivity contribution in [2.45, 2.75) is 38.7 Å². The highest BCUT2D eigenvalue weighted by Crippen LogP contribution is 2.18. The normalized spacial score (nSPS) is 22.7. The maximum Gasteiger partial charge on any atom is 0.225 e. The van der Waals surface area contributed by atoms with Crippen LogP contribution in [0.2, 0.25) is 0 Å². The Kier molecular flexibility index (Phi) is 4.87. The van der Waals surface area contributed by atoms with Crippen molar-refractivity contribution in [3.8, 4) is 0 Å². The van der Waals surface area contributed by atoms with E-state index in [9.17, 15) is 4.79 Å². The second-order valence-electron chi connectivity index (χ2n) is 6.09. The van der Waals surface area contributed by atoms with Crippen LogP contribution in [0.4, 0.5) is 5.82 Å². The Bertz CT molecular complexity index is 499. The lowest BCUT2D eigenvalue weighted by Gasteiger charge is -2.23. The highest BCUT2D eigenvalue weighted by molar-refractivity contribution is 5.76. The van der Waals surface area contributed by atoms with Gasteiger partial charge in [-0.2, -0.15) is 5.10 Å². The van der Waals surface area contributed by atoms with Crippen molar-refractivity contribution in [3.63, 3.8) is 0 Å². The van der Waals surface area contributed by atoms with E-state index in [0.717, 1.165) is 63.6 Å². The zero-order valence-corrected chi connectivity index (χ0v) is 13.2. The quantitative estimate of drug-likeness (QED) is 0.844. The van der Waals surface area contributed by atoms with E-state index in [4.69, 9.17) is 4.74 Å². The number of rotatable bonds is 3. The van der Waals surface area contributed by atoms with Crippen LogP contribution >= 0.6 is 0 Å². The van der Waals surface area contributed by atoms with E-state index in [0.29, 0.717) is 6.42 Å². The van der Waals surface area contributed by atoms with Gasteiger partial charge in [-0.1, -0.05) is 0 Å². The van der Waals surface area contributed by atoms with Crippen LogP contribution in [0.25, 0.3) is 0 Å². The standard InChI is InChI=1S/C16H24N4O2/c1-13-5-6-15(18-17-13)19-7-3-8-20(10-9-19)16(21)12-14-4-2-11-22-14/h5-6,14H,2-4,7-12H2,1H3. The first kappa shape index (κ1) is 15.2. The number of hydrogen-bond donors (Lipinski definition) is 0. The first-order valence-corrected chi connectivity index (χ1v) is 8.17. The van der Waals surface area contributed by atoms with Crippen molar-refractivity contribution in [2.75, 3.05) is 37.7 Å². The second-order valence-corrected chi connectivity index (χ2v) is 6.09. The second kappa shape index (κ2) is 7.05. The molecule has 1 atom stereocenters. The Morgan fingerprint density at radius 2 is 2.14 bits per heavy atom. The molecule has 0 bridgehead atoms. The van der Waals surface area contributed by atoms with Crippen molar-refractivity contribution >= 4 is 11.7 Å². The van der Waals surface area contributed by atoms with Gasteiger partial charge in [0.05, 0.1) is 18.2 Å². The Morgan fingerprint density at radius 1 is 1.23 bits per heavy atom. The molecule has 2 fully saturated rings. The minimum atomic E-state index is 0.134. The summed E-state index contributed by atoms with van der Waals surface area (Å²) in [7, 11) is 0. The zero-order chi connectivity index (χ0) is 15.4. The molecule has 22 heavy (non-hydrogen) atoms. The average molecular weight is 304 g/mol. The summed E-state index contributed by atoms with van der Waals surface area (Å²) in [4.78, 5) is 16.6. The molecule has 6 heteroatoms. The smallest absolute Gasteiger partial charge is 0.225 e. The largest absolute Gasteiger partial charge is 0.378 e. The average Bonchev–Trinajstić information content (AvgIpc) is 2.90. The van der Waals surface area contributed by atoms with Gasteiger partial charge in [-0.25, -0.2) is 0 Å². The molecule has 3 rings (SSSR count). The third-order valence-corrected chi connectivity index (χ3v) is 4.38. The molecule has 1 aromatic heterocycles. The predicted molar refractivity (Wildman–Crippen MR) is 83.8 cm³/mol. The summed E-state index contributed by atoms with van der Waals surface area (Å²) in [6.45, 7) is 6.04. The number of carbonyl (C=O) groups is 1. The summed E-state index contributed by atoms with van der Waals surface area (Å²) >= 11 is 0. The van der Waals surface area contributed by atoms with Gasteiger partial charge >= 0.3 is 0 Å². The van der Waals surface area contributed by atoms with Crippen LogP contribution in [0.3, 0.4) is 0 Å². The molecule has 6 nitrogen and oxygen atoms in total. The van der Waals surface area contributed by atoms with E-state index < -0.39 is 0 Å². The molecule has 1 amide bonds. The lowest BCUT2D eigenvalue weighted by atomic mass is 10.1. The van der Waals surface area contributed by atoms with E-state index in [1.165, 1.54) is 0 Å².